The lowest BCUT2D eigenvalue weighted by Crippen LogP contribution is -2.50. The van der Waals surface area contributed by atoms with E-state index in [0.29, 0.717) is 18.4 Å². The zero-order chi connectivity index (χ0) is 40.0. The van der Waals surface area contributed by atoms with Crippen molar-refractivity contribution >= 4 is 53.0 Å². The Labute approximate surface area is 317 Å². The molecule has 0 saturated heterocycles. The summed E-state index contributed by atoms with van der Waals surface area (Å²) in [5, 5.41) is 30.3. The Morgan fingerprint density at radius 1 is 0.815 bits per heavy atom. The first-order valence-corrected chi connectivity index (χ1v) is 18.7. The first-order valence-electron chi connectivity index (χ1n) is 17.7. The Balaban J connectivity index is 2.20. The number of alkyl carbamates (subject to hydrolysis) is 1. The molecule has 3 amide bonds. The van der Waals surface area contributed by atoms with Gasteiger partial charge in [0.1, 0.15) is 25.2 Å². The third-order valence-corrected chi connectivity index (χ3v) is 9.00. The minimum atomic E-state index is -1.37. The average Bonchev–Trinajstić information content (AvgIpc) is 3.14. The van der Waals surface area contributed by atoms with Gasteiger partial charge in [-0.2, -0.15) is 0 Å². The number of rotatable bonds is 24. The number of nitro groups is 2. The Hall–Kier alpha value is -5.26. The molecule has 2 aromatic carbocycles. The Kier molecular flexibility index (Phi) is 20.1. The molecule has 0 heterocycles. The maximum absolute atomic E-state index is 13.3. The van der Waals surface area contributed by atoms with Crippen LogP contribution in [0.5, 0.6) is 0 Å². The van der Waals surface area contributed by atoms with Gasteiger partial charge in [-0.05, 0) is 44.7 Å². The number of benzene rings is 2. The maximum Gasteiger partial charge on any atom is 0.408 e. The molecule has 17 nitrogen and oxygen atoms in total. The van der Waals surface area contributed by atoms with E-state index in [9.17, 15) is 44.2 Å². The van der Waals surface area contributed by atoms with Crippen LogP contribution >= 0.6 is 11.8 Å². The highest BCUT2D eigenvalue weighted by Gasteiger charge is 2.29. The molecule has 0 spiro atoms. The second-order valence-corrected chi connectivity index (χ2v) is 13.5. The molecule has 0 aromatic heterocycles. The van der Waals surface area contributed by atoms with E-state index in [4.69, 9.17) is 14.2 Å². The van der Waals surface area contributed by atoms with Crippen LogP contribution in [0.3, 0.4) is 0 Å². The number of carbonyl (C=O) groups excluding carboxylic acids is 5. The minimum Gasteiger partial charge on any atom is -0.461 e. The number of nitro benzene ring substituents is 2. The second-order valence-electron chi connectivity index (χ2n) is 12.4. The van der Waals surface area contributed by atoms with Gasteiger partial charge in [-0.1, -0.05) is 69.9 Å². The van der Waals surface area contributed by atoms with Crippen LogP contribution in [0, 0.1) is 20.2 Å². The SMILES string of the molecule is CCCCC(C)OC(=O)CNC(=O)[C@H](CSc1ccc([N+](=O)[O-])cc1[N+](=O)[O-])NC(=O)CC[C@H](NC(=O)OCc1ccccc1)C(=O)OC(C)CCCC. The van der Waals surface area contributed by atoms with Gasteiger partial charge in [0.05, 0.1) is 33.0 Å². The second kappa shape index (κ2) is 24.1. The van der Waals surface area contributed by atoms with Crippen LogP contribution in [0.2, 0.25) is 0 Å². The number of carbonyl (C=O) groups is 5. The van der Waals surface area contributed by atoms with Crippen LogP contribution in [0.4, 0.5) is 16.2 Å². The molecule has 0 aliphatic rings. The maximum atomic E-state index is 13.3. The molecule has 296 valence electrons. The van der Waals surface area contributed by atoms with Gasteiger partial charge >= 0.3 is 18.0 Å². The normalized spacial score (nSPS) is 13.0. The fraction of sp³-hybridized carbons (Fsp3) is 0.528. The molecule has 0 fully saturated rings. The van der Waals surface area contributed by atoms with Gasteiger partial charge in [0.15, 0.2) is 0 Å². The van der Waals surface area contributed by atoms with Crippen molar-refractivity contribution in [1.29, 1.82) is 0 Å². The molecule has 0 aliphatic carbocycles. The number of non-ortho nitro benzene ring substituents is 1. The number of esters is 2. The molecular formula is C36H49N5O12S. The summed E-state index contributed by atoms with van der Waals surface area (Å²) < 4.78 is 16.1. The predicted octanol–water partition coefficient (Wildman–Crippen LogP) is 5.52. The third-order valence-electron chi connectivity index (χ3n) is 7.84. The van der Waals surface area contributed by atoms with Crippen molar-refractivity contribution in [1.82, 2.24) is 16.0 Å². The van der Waals surface area contributed by atoms with E-state index < -0.39 is 75.8 Å². The van der Waals surface area contributed by atoms with E-state index in [2.05, 4.69) is 16.0 Å². The molecule has 2 aromatic rings. The van der Waals surface area contributed by atoms with E-state index in [1.165, 1.54) is 0 Å². The van der Waals surface area contributed by atoms with Crippen LogP contribution in [0.25, 0.3) is 0 Å². The molecule has 54 heavy (non-hydrogen) atoms. The highest BCUT2D eigenvalue weighted by molar-refractivity contribution is 7.99. The highest BCUT2D eigenvalue weighted by atomic mass is 32.2. The third kappa shape index (κ3) is 17.0. The van der Waals surface area contributed by atoms with Crippen molar-refractivity contribution in [2.75, 3.05) is 12.3 Å². The summed E-state index contributed by atoms with van der Waals surface area (Å²) in [4.78, 5) is 86.0. The fourth-order valence-electron chi connectivity index (χ4n) is 4.87. The number of ether oxygens (including phenoxy) is 3. The van der Waals surface area contributed by atoms with E-state index in [0.717, 1.165) is 55.6 Å². The fourth-order valence-corrected chi connectivity index (χ4v) is 5.89. The quantitative estimate of drug-likeness (QED) is 0.0392. The van der Waals surface area contributed by atoms with Crippen LogP contribution in [-0.2, 0) is 40.0 Å². The van der Waals surface area contributed by atoms with Gasteiger partial charge < -0.3 is 30.2 Å². The molecule has 0 saturated carbocycles. The van der Waals surface area contributed by atoms with Crippen molar-refractivity contribution in [3.05, 3.63) is 74.3 Å². The zero-order valence-electron chi connectivity index (χ0n) is 30.9. The molecule has 2 rings (SSSR count). The van der Waals surface area contributed by atoms with Crippen LogP contribution in [-0.4, -0.2) is 76.3 Å². The molecular weight excluding hydrogens is 726 g/mol. The van der Waals surface area contributed by atoms with E-state index in [1.54, 1.807) is 44.2 Å². The molecule has 3 N–H and O–H groups in total. The average molecular weight is 776 g/mol. The Morgan fingerprint density at radius 3 is 2.07 bits per heavy atom. The lowest BCUT2D eigenvalue weighted by atomic mass is 10.1. The van der Waals surface area contributed by atoms with E-state index in [-0.39, 0.29) is 36.2 Å². The first-order chi connectivity index (χ1) is 25.7. The number of nitrogens with one attached hydrogen (secondary N) is 3. The number of amides is 3. The largest absolute Gasteiger partial charge is 0.461 e. The minimum absolute atomic E-state index is 0.0139. The Bertz CT molecular complexity index is 1580. The topological polar surface area (TPSA) is 235 Å². The summed E-state index contributed by atoms with van der Waals surface area (Å²) in [7, 11) is 0. The number of unbranched alkanes of at least 4 members (excludes halogenated alkanes) is 2. The number of nitrogens with zero attached hydrogens (tertiary/aromatic N) is 2. The molecule has 4 atom stereocenters. The smallest absolute Gasteiger partial charge is 0.408 e. The predicted molar refractivity (Wildman–Crippen MR) is 198 cm³/mol. The van der Waals surface area contributed by atoms with Crippen LogP contribution < -0.4 is 16.0 Å². The molecule has 2 unspecified atom stereocenters. The van der Waals surface area contributed by atoms with Gasteiger partial charge in [0, 0.05) is 18.2 Å². The zero-order valence-corrected chi connectivity index (χ0v) is 31.7. The summed E-state index contributed by atoms with van der Waals surface area (Å²) in [5.74, 6) is -3.34. The first kappa shape index (κ1) is 44.9. The molecule has 0 radical (unpaired) electrons. The van der Waals surface area contributed by atoms with Crippen molar-refractivity contribution in [2.45, 2.75) is 115 Å². The summed E-state index contributed by atoms with van der Waals surface area (Å²) in [6.45, 7) is 6.81. The lowest BCUT2D eigenvalue weighted by Gasteiger charge is -2.21. The van der Waals surface area contributed by atoms with E-state index >= 15 is 0 Å². The highest BCUT2D eigenvalue weighted by Crippen LogP contribution is 2.33. The molecule has 0 aliphatic heterocycles. The van der Waals surface area contributed by atoms with Gasteiger partial charge in [-0.25, -0.2) is 9.59 Å². The van der Waals surface area contributed by atoms with Crippen LogP contribution in [0.15, 0.2) is 53.4 Å². The number of hydrogen-bond acceptors (Lipinski definition) is 13. The number of hydrogen-bond donors (Lipinski definition) is 3. The molecule has 18 heteroatoms. The van der Waals surface area contributed by atoms with Crippen molar-refractivity contribution < 1.29 is 48.0 Å². The van der Waals surface area contributed by atoms with Crippen molar-refractivity contribution in [2.24, 2.45) is 0 Å². The monoisotopic (exact) mass is 775 g/mol. The number of thioether (sulfide) groups is 1. The Morgan fingerprint density at radius 2 is 1.46 bits per heavy atom. The van der Waals surface area contributed by atoms with Crippen molar-refractivity contribution in [3.63, 3.8) is 0 Å². The molecule has 0 bridgehead atoms. The van der Waals surface area contributed by atoms with Gasteiger partial charge in [-0.3, -0.25) is 34.6 Å². The summed E-state index contributed by atoms with van der Waals surface area (Å²) >= 11 is 0.779. The van der Waals surface area contributed by atoms with Gasteiger partial charge in [0.25, 0.3) is 11.4 Å². The summed E-state index contributed by atoms with van der Waals surface area (Å²) in [6, 6.07) is 9.19. The standard InChI is InChI=1S/C36H49N5O12S/c1-5-7-12-24(3)52-33(43)21-37-34(44)29(23-54-31-18-16-27(40(47)48)20-30(31)41(49)50)38-32(42)19-17-28(35(45)53-25(4)13-8-6-2)39-36(46)51-22-26-14-10-9-11-15-26/h9-11,14-16,18,20,24-25,28-29H,5-8,12-13,17,19,21-23H2,1-4H3,(H,37,44)(H,38,42)(H,39,46)/t24?,25?,28-,29-/m0/s1. The van der Waals surface area contributed by atoms with E-state index in [1.807, 2.05) is 13.8 Å². The summed E-state index contributed by atoms with van der Waals surface area (Å²) in [6.07, 6.45) is 2.22. The van der Waals surface area contributed by atoms with Crippen LogP contribution in [0.1, 0.15) is 84.6 Å². The lowest BCUT2D eigenvalue weighted by molar-refractivity contribution is -0.396. The summed E-state index contributed by atoms with van der Waals surface area (Å²) in [5.41, 5.74) is -0.380. The van der Waals surface area contributed by atoms with Crippen molar-refractivity contribution in [3.8, 4) is 0 Å². The van der Waals surface area contributed by atoms with Gasteiger partial charge in [-0.15, -0.1) is 11.8 Å². The van der Waals surface area contributed by atoms with Gasteiger partial charge in [0.2, 0.25) is 11.8 Å².